The molecule has 0 aliphatic heterocycles. The lowest BCUT2D eigenvalue weighted by molar-refractivity contribution is 0.310. The largest absolute Gasteiger partial charge is 0.327 e. The lowest BCUT2D eigenvalue weighted by Crippen LogP contribution is -2.32. The minimum atomic E-state index is 0.237. The zero-order valence-electron chi connectivity index (χ0n) is 9.73. The maximum absolute atomic E-state index is 5.75. The summed E-state index contributed by atoms with van der Waals surface area (Å²) in [6, 6.07) is 8.94. The second kappa shape index (κ2) is 6.16. The molecule has 0 aliphatic carbocycles. The highest BCUT2D eigenvalue weighted by Crippen LogP contribution is 2.15. The third kappa shape index (κ3) is 4.69. The zero-order valence-corrected chi connectivity index (χ0v) is 10.6. The number of benzene rings is 1. The average molecular weight is 224 g/mol. The van der Waals surface area contributed by atoms with E-state index < -0.39 is 0 Å². The Morgan fingerprint density at radius 2 is 1.93 bits per heavy atom. The monoisotopic (exact) mass is 224 g/mol. The highest BCUT2D eigenvalue weighted by atomic mass is 32.2. The van der Waals surface area contributed by atoms with E-state index in [4.69, 9.17) is 5.73 Å². The van der Waals surface area contributed by atoms with Gasteiger partial charge in [-0.15, -0.1) is 11.8 Å². The Hall–Kier alpha value is -0.510. The number of hydrogen-bond acceptors (Lipinski definition) is 3. The number of rotatable bonds is 5. The molecule has 84 valence electrons. The lowest BCUT2D eigenvalue weighted by atomic mass is 10.2. The van der Waals surface area contributed by atoms with Crippen LogP contribution in [0.5, 0.6) is 0 Å². The summed E-state index contributed by atoms with van der Waals surface area (Å²) in [4.78, 5) is 3.56. The number of thioether (sulfide) groups is 1. The second-order valence-electron chi connectivity index (χ2n) is 4.02. The van der Waals surface area contributed by atoms with E-state index in [1.54, 1.807) is 11.8 Å². The molecular formula is C12H20N2S. The van der Waals surface area contributed by atoms with Crippen molar-refractivity contribution >= 4 is 11.8 Å². The van der Waals surface area contributed by atoms with Crippen molar-refractivity contribution < 1.29 is 0 Å². The SMILES string of the molecule is CSc1ccc(CN(C)CC(C)N)cc1. The molecule has 15 heavy (non-hydrogen) atoms. The van der Waals surface area contributed by atoms with Crippen LogP contribution in [0.2, 0.25) is 0 Å². The number of hydrogen-bond donors (Lipinski definition) is 1. The molecule has 0 amide bonds. The van der Waals surface area contributed by atoms with Crippen molar-refractivity contribution in [3.63, 3.8) is 0 Å². The number of likely N-dealkylation sites (N-methyl/N-ethyl adjacent to an activating group) is 1. The topological polar surface area (TPSA) is 29.3 Å². The van der Waals surface area contributed by atoms with Crippen molar-refractivity contribution in [2.24, 2.45) is 5.73 Å². The van der Waals surface area contributed by atoms with Crippen LogP contribution >= 0.6 is 11.8 Å². The molecule has 1 unspecified atom stereocenters. The molecule has 0 fully saturated rings. The minimum absolute atomic E-state index is 0.237. The summed E-state index contributed by atoms with van der Waals surface area (Å²) < 4.78 is 0. The van der Waals surface area contributed by atoms with E-state index in [1.165, 1.54) is 10.5 Å². The molecule has 0 heterocycles. The summed E-state index contributed by atoms with van der Waals surface area (Å²) in [6.07, 6.45) is 2.09. The summed E-state index contributed by atoms with van der Waals surface area (Å²) in [5, 5.41) is 0. The summed E-state index contributed by atoms with van der Waals surface area (Å²) >= 11 is 1.77. The Morgan fingerprint density at radius 3 is 2.40 bits per heavy atom. The highest BCUT2D eigenvalue weighted by molar-refractivity contribution is 7.98. The predicted octanol–water partition coefficient (Wildman–Crippen LogP) is 2.19. The summed E-state index contributed by atoms with van der Waals surface area (Å²) in [5.74, 6) is 0. The van der Waals surface area contributed by atoms with Gasteiger partial charge in [-0.25, -0.2) is 0 Å². The molecule has 0 aliphatic rings. The molecule has 2 N–H and O–H groups in total. The third-order valence-corrected chi connectivity index (χ3v) is 2.95. The molecule has 1 aromatic carbocycles. The fourth-order valence-corrected chi connectivity index (χ4v) is 2.01. The summed E-state index contributed by atoms with van der Waals surface area (Å²) in [7, 11) is 2.10. The maximum Gasteiger partial charge on any atom is 0.0231 e. The van der Waals surface area contributed by atoms with Crippen LogP contribution in [0.3, 0.4) is 0 Å². The maximum atomic E-state index is 5.75. The Kier molecular flexibility index (Phi) is 5.15. The van der Waals surface area contributed by atoms with Gasteiger partial charge in [-0.2, -0.15) is 0 Å². The van der Waals surface area contributed by atoms with Gasteiger partial charge in [0.05, 0.1) is 0 Å². The fraction of sp³-hybridized carbons (Fsp3) is 0.500. The molecule has 1 atom stereocenters. The molecule has 1 rings (SSSR count). The number of nitrogens with zero attached hydrogens (tertiary/aromatic N) is 1. The van der Waals surface area contributed by atoms with E-state index >= 15 is 0 Å². The Bertz CT molecular complexity index is 282. The molecule has 0 radical (unpaired) electrons. The third-order valence-electron chi connectivity index (χ3n) is 2.21. The van der Waals surface area contributed by atoms with E-state index in [0.29, 0.717) is 0 Å². The van der Waals surface area contributed by atoms with Crippen LogP contribution in [0, 0.1) is 0 Å². The first-order chi connectivity index (χ1) is 7.11. The van der Waals surface area contributed by atoms with Crippen molar-refractivity contribution in [2.75, 3.05) is 19.8 Å². The average Bonchev–Trinajstić information content (AvgIpc) is 2.17. The minimum Gasteiger partial charge on any atom is -0.327 e. The smallest absolute Gasteiger partial charge is 0.0231 e. The van der Waals surface area contributed by atoms with Gasteiger partial charge in [0, 0.05) is 24.0 Å². The van der Waals surface area contributed by atoms with Crippen molar-refractivity contribution in [1.29, 1.82) is 0 Å². The van der Waals surface area contributed by atoms with Crippen LogP contribution in [-0.2, 0) is 6.54 Å². The van der Waals surface area contributed by atoms with Crippen molar-refractivity contribution in [3.8, 4) is 0 Å². The zero-order chi connectivity index (χ0) is 11.3. The van der Waals surface area contributed by atoms with Crippen molar-refractivity contribution in [1.82, 2.24) is 4.90 Å². The van der Waals surface area contributed by atoms with E-state index in [9.17, 15) is 0 Å². The van der Waals surface area contributed by atoms with E-state index in [0.717, 1.165) is 13.1 Å². The summed E-state index contributed by atoms with van der Waals surface area (Å²) in [6.45, 7) is 3.94. The van der Waals surface area contributed by atoms with Gasteiger partial charge in [0.1, 0.15) is 0 Å². The van der Waals surface area contributed by atoms with Gasteiger partial charge in [-0.3, -0.25) is 0 Å². The first-order valence-electron chi connectivity index (χ1n) is 5.19. The van der Waals surface area contributed by atoms with Crippen LogP contribution in [0.15, 0.2) is 29.2 Å². The fourth-order valence-electron chi connectivity index (χ4n) is 1.60. The summed E-state index contributed by atoms with van der Waals surface area (Å²) in [5.41, 5.74) is 7.09. The molecule has 1 aromatic rings. The molecule has 3 heteroatoms. The van der Waals surface area contributed by atoms with Gasteiger partial charge in [-0.1, -0.05) is 12.1 Å². The van der Waals surface area contributed by atoms with Gasteiger partial charge >= 0.3 is 0 Å². The van der Waals surface area contributed by atoms with Gasteiger partial charge in [0.2, 0.25) is 0 Å². The highest BCUT2D eigenvalue weighted by Gasteiger charge is 2.02. The van der Waals surface area contributed by atoms with Crippen LogP contribution in [0.1, 0.15) is 12.5 Å². The Labute approximate surface area is 96.8 Å². The quantitative estimate of drug-likeness (QED) is 0.777. The van der Waals surface area contributed by atoms with Crippen LogP contribution in [0.4, 0.5) is 0 Å². The predicted molar refractivity (Wildman–Crippen MR) is 68.2 cm³/mol. The van der Waals surface area contributed by atoms with Crippen LogP contribution < -0.4 is 5.73 Å². The van der Waals surface area contributed by atoms with Gasteiger partial charge < -0.3 is 10.6 Å². The Balaban J connectivity index is 2.49. The lowest BCUT2D eigenvalue weighted by Gasteiger charge is -2.18. The standard InChI is InChI=1S/C12H20N2S/c1-10(13)8-14(2)9-11-4-6-12(15-3)7-5-11/h4-7,10H,8-9,13H2,1-3H3. The molecular weight excluding hydrogens is 204 g/mol. The van der Waals surface area contributed by atoms with Gasteiger partial charge in [-0.05, 0) is 37.9 Å². The second-order valence-corrected chi connectivity index (χ2v) is 4.90. The van der Waals surface area contributed by atoms with E-state index in [-0.39, 0.29) is 6.04 Å². The van der Waals surface area contributed by atoms with Crippen LogP contribution in [0.25, 0.3) is 0 Å². The molecule has 0 spiro atoms. The number of nitrogens with two attached hydrogens (primary N) is 1. The van der Waals surface area contributed by atoms with Gasteiger partial charge in [0.25, 0.3) is 0 Å². The molecule has 2 nitrogen and oxygen atoms in total. The van der Waals surface area contributed by atoms with Gasteiger partial charge in [0.15, 0.2) is 0 Å². The first kappa shape index (κ1) is 12.6. The van der Waals surface area contributed by atoms with Crippen molar-refractivity contribution in [2.45, 2.75) is 24.4 Å². The van der Waals surface area contributed by atoms with Crippen LogP contribution in [-0.4, -0.2) is 30.8 Å². The van der Waals surface area contributed by atoms with Crippen molar-refractivity contribution in [3.05, 3.63) is 29.8 Å². The first-order valence-corrected chi connectivity index (χ1v) is 6.41. The normalized spacial score (nSPS) is 13.1. The Morgan fingerprint density at radius 1 is 1.33 bits per heavy atom. The van der Waals surface area contributed by atoms with E-state index in [2.05, 4.69) is 42.5 Å². The molecule has 0 aromatic heterocycles. The van der Waals surface area contributed by atoms with E-state index in [1.807, 2.05) is 6.92 Å². The molecule has 0 bridgehead atoms. The molecule has 0 saturated heterocycles. The molecule has 0 saturated carbocycles.